The largest absolute Gasteiger partial charge is 0.396 e. The summed E-state index contributed by atoms with van der Waals surface area (Å²) >= 11 is 0. The molecular formula is C11H24N2O. The molecule has 1 atom stereocenters. The maximum Gasteiger partial charge on any atom is 0.0446 e. The minimum Gasteiger partial charge on any atom is -0.396 e. The van der Waals surface area contributed by atoms with Crippen molar-refractivity contribution in [3.63, 3.8) is 0 Å². The van der Waals surface area contributed by atoms with E-state index in [1.54, 1.807) is 0 Å². The summed E-state index contributed by atoms with van der Waals surface area (Å²) in [4.78, 5) is 2.52. The molecule has 3 heteroatoms. The Balaban J connectivity index is 2.34. The summed E-state index contributed by atoms with van der Waals surface area (Å²) in [5.74, 6) is 0.739. The van der Waals surface area contributed by atoms with Gasteiger partial charge in [0.05, 0.1) is 0 Å². The van der Waals surface area contributed by atoms with Crippen molar-refractivity contribution in [2.24, 2.45) is 5.92 Å². The number of nitrogens with zero attached hydrogens (tertiary/aromatic N) is 1. The topological polar surface area (TPSA) is 35.5 Å². The van der Waals surface area contributed by atoms with Gasteiger partial charge in [0.15, 0.2) is 0 Å². The van der Waals surface area contributed by atoms with Gasteiger partial charge in [-0.2, -0.15) is 0 Å². The maximum absolute atomic E-state index is 8.92. The molecule has 0 saturated carbocycles. The van der Waals surface area contributed by atoms with E-state index in [-0.39, 0.29) is 0 Å². The van der Waals surface area contributed by atoms with Gasteiger partial charge >= 0.3 is 0 Å². The highest BCUT2D eigenvalue weighted by molar-refractivity contribution is 4.76. The Morgan fingerprint density at radius 3 is 2.93 bits per heavy atom. The van der Waals surface area contributed by atoms with Crippen molar-refractivity contribution in [1.29, 1.82) is 0 Å². The van der Waals surface area contributed by atoms with Gasteiger partial charge in [-0.15, -0.1) is 0 Å². The lowest BCUT2D eigenvalue weighted by Crippen LogP contribution is -2.39. The molecule has 0 aromatic rings. The fourth-order valence-electron chi connectivity index (χ4n) is 2.11. The van der Waals surface area contributed by atoms with Crippen LogP contribution < -0.4 is 5.32 Å². The summed E-state index contributed by atoms with van der Waals surface area (Å²) in [6.45, 7) is 9.40. The Kier molecular flexibility index (Phi) is 5.45. The van der Waals surface area contributed by atoms with E-state index in [1.807, 2.05) is 0 Å². The average Bonchev–Trinajstić information content (AvgIpc) is 2.30. The number of aliphatic hydroxyl groups is 1. The van der Waals surface area contributed by atoms with Crippen LogP contribution in [0.5, 0.6) is 0 Å². The van der Waals surface area contributed by atoms with E-state index in [4.69, 9.17) is 5.11 Å². The second kappa shape index (κ2) is 6.38. The van der Waals surface area contributed by atoms with Crippen LogP contribution in [0, 0.1) is 5.92 Å². The molecule has 1 aliphatic heterocycles. The van der Waals surface area contributed by atoms with Crippen molar-refractivity contribution < 1.29 is 5.11 Å². The van der Waals surface area contributed by atoms with E-state index in [0.29, 0.717) is 12.6 Å². The summed E-state index contributed by atoms with van der Waals surface area (Å²) in [5.41, 5.74) is 0. The molecule has 0 amide bonds. The van der Waals surface area contributed by atoms with Gasteiger partial charge in [0.2, 0.25) is 0 Å². The lowest BCUT2D eigenvalue weighted by molar-refractivity contribution is 0.213. The van der Waals surface area contributed by atoms with Crippen LogP contribution in [0.4, 0.5) is 0 Å². The average molecular weight is 200 g/mol. The smallest absolute Gasteiger partial charge is 0.0446 e. The maximum atomic E-state index is 8.92. The molecule has 1 fully saturated rings. The SMILES string of the molecule is CC(C)CN1CCCNC(CCO)C1. The standard InChI is InChI=1S/C11H24N2O/c1-10(2)8-13-6-3-5-12-11(9-13)4-7-14/h10-12,14H,3-9H2,1-2H3. The van der Waals surface area contributed by atoms with E-state index in [0.717, 1.165) is 25.4 Å². The Morgan fingerprint density at radius 2 is 2.29 bits per heavy atom. The third kappa shape index (κ3) is 4.40. The predicted octanol–water partition coefficient (Wildman–Crippen LogP) is 0.689. The molecule has 0 aromatic carbocycles. The van der Waals surface area contributed by atoms with Gasteiger partial charge < -0.3 is 15.3 Å². The molecule has 0 bridgehead atoms. The highest BCUT2D eigenvalue weighted by Gasteiger charge is 2.17. The first-order valence-corrected chi connectivity index (χ1v) is 5.79. The number of hydrogen-bond donors (Lipinski definition) is 2. The van der Waals surface area contributed by atoms with Crippen LogP contribution in [0.1, 0.15) is 26.7 Å². The number of rotatable bonds is 4. The van der Waals surface area contributed by atoms with E-state index in [9.17, 15) is 0 Å². The molecule has 1 heterocycles. The summed E-state index contributed by atoms with van der Waals surface area (Å²) in [5, 5.41) is 12.4. The summed E-state index contributed by atoms with van der Waals surface area (Å²) in [6, 6.07) is 0.487. The third-order valence-corrected chi connectivity index (χ3v) is 2.66. The third-order valence-electron chi connectivity index (χ3n) is 2.66. The van der Waals surface area contributed by atoms with E-state index in [1.165, 1.54) is 19.5 Å². The molecule has 84 valence electrons. The molecule has 0 radical (unpaired) electrons. The summed E-state index contributed by atoms with van der Waals surface area (Å²) < 4.78 is 0. The monoisotopic (exact) mass is 200 g/mol. The molecular weight excluding hydrogens is 176 g/mol. The van der Waals surface area contributed by atoms with Crippen LogP contribution in [-0.2, 0) is 0 Å². The van der Waals surface area contributed by atoms with E-state index in [2.05, 4.69) is 24.1 Å². The van der Waals surface area contributed by atoms with Crippen LogP contribution in [0.2, 0.25) is 0 Å². The van der Waals surface area contributed by atoms with Crippen molar-refractivity contribution in [2.75, 3.05) is 32.8 Å². The van der Waals surface area contributed by atoms with Gasteiger partial charge in [0.1, 0.15) is 0 Å². The van der Waals surface area contributed by atoms with Crippen molar-refractivity contribution in [3.8, 4) is 0 Å². The minimum atomic E-state index is 0.299. The van der Waals surface area contributed by atoms with Gasteiger partial charge in [-0.05, 0) is 31.8 Å². The fourth-order valence-corrected chi connectivity index (χ4v) is 2.11. The highest BCUT2D eigenvalue weighted by atomic mass is 16.3. The molecule has 1 saturated heterocycles. The van der Waals surface area contributed by atoms with Crippen molar-refractivity contribution in [2.45, 2.75) is 32.7 Å². The first kappa shape index (κ1) is 12.0. The van der Waals surface area contributed by atoms with Crippen LogP contribution in [0.25, 0.3) is 0 Å². The second-order valence-corrected chi connectivity index (χ2v) is 4.67. The van der Waals surface area contributed by atoms with Gasteiger partial charge in [-0.3, -0.25) is 0 Å². The van der Waals surface area contributed by atoms with Crippen LogP contribution in [0.15, 0.2) is 0 Å². The zero-order valence-electron chi connectivity index (χ0n) is 9.50. The molecule has 14 heavy (non-hydrogen) atoms. The Morgan fingerprint density at radius 1 is 1.50 bits per heavy atom. The highest BCUT2D eigenvalue weighted by Crippen LogP contribution is 2.06. The Bertz CT molecular complexity index is 150. The van der Waals surface area contributed by atoms with Crippen LogP contribution in [0.3, 0.4) is 0 Å². The molecule has 0 aliphatic carbocycles. The van der Waals surface area contributed by atoms with Crippen molar-refractivity contribution >= 4 is 0 Å². The first-order valence-electron chi connectivity index (χ1n) is 5.79. The lowest BCUT2D eigenvalue weighted by Gasteiger charge is -2.25. The normalized spacial score (nSPS) is 25.3. The molecule has 1 aliphatic rings. The van der Waals surface area contributed by atoms with Crippen LogP contribution >= 0.6 is 0 Å². The minimum absolute atomic E-state index is 0.299. The predicted molar refractivity (Wildman–Crippen MR) is 59.4 cm³/mol. The van der Waals surface area contributed by atoms with Gasteiger partial charge in [0, 0.05) is 25.7 Å². The second-order valence-electron chi connectivity index (χ2n) is 4.67. The fraction of sp³-hybridized carbons (Fsp3) is 1.00. The van der Waals surface area contributed by atoms with Gasteiger partial charge in [0.25, 0.3) is 0 Å². The molecule has 0 spiro atoms. The molecule has 2 N–H and O–H groups in total. The van der Waals surface area contributed by atoms with Crippen LogP contribution in [-0.4, -0.2) is 48.8 Å². The number of hydrogen-bond acceptors (Lipinski definition) is 3. The van der Waals surface area contributed by atoms with E-state index < -0.39 is 0 Å². The Hall–Kier alpha value is -0.120. The van der Waals surface area contributed by atoms with Crippen molar-refractivity contribution in [3.05, 3.63) is 0 Å². The van der Waals surface area contributed by atoms with E-state index >= 15 is 0 Å². The van der Waals surface area contributed by atoms with Gasteiger partial charge in [-0.1, -0.05) is 13.8 Å². The molecule has 1 unspecified atom stereocenters. The molecule has 0 aromatic heterocycles. The number of nitrogens with one attached hydrogen (secondary N) is 1. The quantitative estimate of drug-likeness (QED) is 0.701. The summed E-state index contributed by atoms with van der Waals surface area (Å²) in [7, 11) is 0. The zero-order valence-corrected chi connectivity index (χ0v) is 9.50. The summed E-state index contributed by atoms with van der Waals surface area (Å²) in [6.07, 6.45) is 2.11. The van der Waals surface area contributed by atoms with Gasteiger partial charge in [-0.25, -0.2) is 0 Å². The first-order chi connectivity index (χ1) is 6.72. The zero-order chi connectivity index (χ0) is 10.4. The lowest BCUT2D eigenvalue weighted by atomic mass is 10.1. The molecule has 3 nitrogen and oxygen atoms in total. The van der Waals surface area contributed by atoms with Crippen molar-refractivity contribution in [1.82, 2.24) is 10.2 Å². The molecule has 1 rings (SSSR count). The Labute approximate surface area is 87.5 Å². The number of aliphatic hydroxyl groups excluding tert-OH is 1.